The molecule has 3 amide bonds. The quantitative estimate of drug-likeness (QED) is 0.125. The van der Waals surface area contributed by atoms with Gasteiger partial charge in [0.25, 0.3) is 5.91 Å². The molecular formula is C33H55N5O3. The minimum Gasteiger partial charge on any atom is -0.369 e. The van der Waals surface area contributed by atoms with Crippen LogP contribution in [0.2, 0.25) is 0 Å². The Morgan fingerprint density at radius 2 is 1.83 bits per heavy atom. The first kappa shape index (κ1) is 34.5. The van der Waals surface area contributed by atoms with Crippen molar-refractivity contribution in [2.75, 3.05) is 13.1 Å². The number of primary amides is 1. The number of hydrogen-bond acceptors (Lipinski definition) is 5. The van der Waals surface area contributed by atoms with E-state index in [0.717, 1.165) is 44.6 Å². The number of nitrogens with zero attached hydrogens (tertiary/aromatic N) is 1. The van der Waals surface area contributed by atoms with Crippen LogP contribution in [0.15, 0.2) is 36.7 Å². The van der Waals surface area contributed by atoms with Crippen LogP contribution in [0.5, 0.6) is 0 Å². The van der Waals surface area contributed by atoms with E-state index in [-0.39, 0.29) is 35.7 Å². The van der Waals surface area contributed by atoms with Gasteiger partial charge in [-0.2, -0.15) is 0 Å². The molecule has 5 N–H and O–H groups in total. The van der Waals surface area contributed by atoms with Crippen LogP contribution in [0.1, 0.15) is 115 Å². The van der Waals surface area contributed by atoms with E-state index in [0.29, 0.717) is 30.9 Å². The number of carbonyl (C=O) groups is 3. The number of unbranched alkanes of at least 4 members (excludes halogenated alkanes) is 1. The van der Waals surface area contributed by atoms with Crippen molar-refractivity contribution in [1.29, 1.82) is 0 Å². The summed E-state index contributed by atoms with van der Waals surface area (Å²) in [5.41, 5.74) is 6.18. The van der Waals surface area contributed by atoms with Crippen LogP contribution in [-0.4, -0.2) is 47.9 Å². The van der Waals surface area contributed by atoms with Crippen molar-refractivity contribution in [2.45, 2.75) is 116 Å². The van der Waals surface area contributed by atoms with Crippen molar-refractivity contribution in [3.05, 3.63) is 42.2 Å². The summed E-state index contributed by atoms with van der Waals surface area (Å²) in [4.78, 5) is 41.7. The Balaban J connectivity index is 1.92. The van der Waals surface area contributed by atoms with Crippen LogP contribution < -0.4 is 21.7 Å². The summed E-state index contributed by atoms with van der Waals surface area (Å²) >= 11 is 0. The molecule has 230 valence electrons. The van der Waals surface area contributed by atoms with Crippen molar-refractivity contribution >= 4 is 17.7 Å². The van der Waals surface area contributed by atoms with E-state index in [1.54, 1.807) is 24.5 Å². The number of aromatic nitrogens is 1. The Kier molecular flexibility index (Phi) is 17.0. The first-order valence-electron chi connectivity index (χ1n) is 16.0. The molecular weight excluding hydrogens is 514 g/mol. The Labute approximate surface area is 248 Å². The predicted octanol–water partition coefficient (Wildman–Crippen LogP) is 5.29. The summed E-state index contributed by atoms with van der Waals surface area (Å²) in [5.74, 6) is 0.377. The number of amides is 3. The Morgan fingerprint density at radius 1 is 1.05 bits per heavy atom. The van der Waals surface area contributed by atoms with Crippen LogP contribution >= 0.6 is 0 Å². The summed E-state index contributed by atoms with van der Waals surface area (Å²) < 4.78 is 0. The van der Waals surface area contributed by atoms with Crippen LogP contribution in [0, 0.1) is 17.8 Å². The third-order valence-corrected chi connectivity index (χ3v) is 7.94. The third kappa shape index (κ3) is 14.6. The highest BCUT2D eigenvalue weighted by Gasteiger charge is 2.21. The average Bonchev–Trinajstić information content (AvgIpc) is 2.96. The monoisotopic (exact) mass is 569 g/mol. The van der Waals surface area contributed by atoms with Crippen LogP contribution in [0.4, 0.5) is 0 Å². The van der Waals surface area contributed by atoms with Gasteiger partial charge in [-0.15, -0.1) is 0 Å². The molecule has 1 saturated carbocycles. The fourth-order valence-electron chi connectivity index (χ4n) is 5.62. The lowest BCUT2D eigenvalue weighted by Gasteiger charge is -2.24. The first-order chi connectivity index (χ1) is 19.8. The van der Waals surface area contributed by atoms with E-state index in [2.05, 4.69) is 41.7 Å². The van der Waals surface area contributed by atoms with Gasteiger partial charge in [0.1, 0.15) is 0 Å². The molecule has 1 heterocycles. The molecule has 0 radical (unpaired) electrons. The second-order valence-corrected chi connectivity index (χ2v) is 12.1. The largest absolute Gasteiger partial charge is 0.369 e. The molecule has 0 aliphatic heterocycles. The number of pyridine rings is 1. The maximum Gasteiger partial charge on any atom is 0.252 e. The fraction of sp³-hybridized carbons (Fsp3) is 0.697. The molecule has 1 fully saturated rings. The zero-order valence-electron chi connectivity index (χ0n) is 25.7. The molecule has 8 heteroatoms. The van der Waals surface area contributed by atoms with Crippen molar-refractivity contribution in [3.8, 4) is 0 Å². The number of nitrogens with one attached hydrogen (secondary N) is 3. The molecule has 0 aromatic carbocycles. The van der Waals surface area contributed by atoms with E-state index in [9.17, 15) is 14.4 Å². The summed E-state index contributed by atoms with van der Waals surface area (Å²) in [5, 5.41) is 9.70. The molecule has 3 atom stereocenters. The minimum atomic E-state index is -0.332. The topological polar surface area (TPSA) is 126 Å². The highest BCUT2D eigenvalue weighted by molar-refractivity contribution is 5.93. The smallest absolute Gasteiger partial charge is 0.252 e. The van der Waals surface area contributed by atoms with Crippen LogP contribution in [-0.2, 0) is 9.59 Å². The lowest BCUT2D eigenvalue weighted by Crippen LogP contribution is -2.47. The SMILES string of the molecule is CCC[C@@H](/C=C/[C@@H](CC(C)C)C(N)=O)NC(=O)[C@H](CCCCNC(=O)c1cccnc1)NCCCC1CCCCC1. The standard InChI is InChI=1S/C33H55N5O3/c1-4-12-29(19-18-27(31(34)39)23-25(2)3)38-33(41)30(36-22-10-15-26-13-6-5-7-14-26)17-8-9-21-37-32(40)28-16-11-20-35-24-28/h11,16,18-20,24-27,29-30,36H,4-10,12-15,17,21-23H2,1-3H3,(H2,34,39)(H,37,40)(H,38,41)/b19-18+/t27-,29-,30-/m0/s1. The Bertz CT molecular complexity index is 915. The Hall–Kier alpha value is -2.74. The second-order valence-electron chi connectivity index (χ2n) is 12.1. The lowest BCUT2D eigenvalue weighted by molar-refractivity contribution is -0.123. The van der Waals surface area contributed by atoms with E-state index < -0.39 is 0 Å². The van der Waals surface area contributed by atoms with E-state index in [4.69, 9.17) is 5.73 Å². The highest BCUT2D eigenvalue weighted by atomic mass is 16.2. The maximum atomic E-state index is 13.5. The molecule has 0 unspecified atom stereocenters. The van der Waals surface area contributed by atoms with Gasteiger partial charge in [0.15, 0.2) is 0 Å². The molecule has 1 aromatic rings. The van der Waals surface area contributed by atoms with Crippen molar-refractivity contribution in [3.63, 3.8) is 0 Å². The van der Waals surface area contributed by atoms with Crippen molar-refractivity contribution in [1.82, 2.24) is 20.9 Å². The molecule has 1 aromatic heterocycles. The van der Waals surface area contributed by atoms with Gasteiger partial charge >= 0.3 is 0 Å². The molecule has 0 spiro atoms. The number of carbonyl (C=O) groups excluding carboxylic acids is 3. The zero-order valence-corrected chi connectivity index (χ0v) is 25.7. The van der Waals surface area contributed by atoms with Gasteiger partial charge < -0.3 is 21.7 Å². The van der Waals surface area contributed by atoms with E-state index >= 15 is 0 Å². The van der Waals surface area contributed by atoms with Crippen LogP contribution in [0.25, 0.3) is 0 Å². The van der Waals surface area contributed by atoms with Gasteiger partial charge in [-0.05, 0) is 75.5 Å². The first-order valence-corrected chi connectivity index (χ1v) is 16.0. The van der Waals surface area contributed by atoms with Gasteiger partial charge in [-0.3, -0.25) is 19.4 Å². The fourth-order valence-corrected chi connectivity index (χ4v) is 5.62. The molecule has 2 rings (SSSR count). The van der Waals surface area contributed by atoms with Gasteiger partial charge in [0, 0.05) is 25.0 Å². The molecule has 41 heavy (non-hydrogen) atoms. The highest BCUT2D eigenvalue weighted by Crippen LogP contribution is 2.27. The van der Waals surface area contributed by atoms with E-state index in [1.807, 2.05) is 12.2 Å². The summed E-state index contributed by atoms with van der Waals surface area (Å²) in [6, 6.07) is 3.05. The zero-order chi connectivity index (χ0) is 29.9. The van der Waals surface area contributed by atoms with Crippen molar-refractivity contribution in [2.24, 2.45) is 23.5 Å². The van der Waals surface area contributed by atoms with E-state index in [1.165, 1.54) is 38.5 Å². The van der Waals surface area contributed by atoms with Gasteiger partial charge in [0.2, 0.25) is 11.8 Å². The van der Waals surface area contributed by atoms with Crippen LogP contribution in [0.3, 0.4) is 0 Å². The lowest BCUT2D eigenvalue weighted by atomic mass is 9.86. The number of hydrogen-bond donors (Lipinski definition) is 4. The Morgan fingerprint density at radius 3 is 2.49 bits per heavy atom. The van der Waals surface area contributed by atoms with Gasteiger partial charge in [-0.1, -0.05) is 71.4 Å². The molecule has 1 aliphatic carbocycles. The normalized spacial score (nSPS) is 16.4. The van der Waals surface area contributed by atoms with Crippen molar-refractivity contribution < 1.29 is 14.4 Å². The predicted molar refractivity (Wildman–Crippen MR) is 166 cm³/mol. The second kappa shape index (κ2) is 20.2. The maximum absolute atomic E-state index is 13.5. The minimum absolute atomic E-state index is 0.00959. The molecule has 0 saturated heterocycles. The number of rotatable bonds is 20. The van der Waals surface area contributed by atoms with Gasteiger partial charge in [0.05, 0.1) is 17.5 Å². The molecule has 0 bridgehead atoms. The van der Waals surface area contributed by atoms with Gasteiger partial charge in [-0.25, -0.2) is 0 Å². The summed E-state index contributed by atoms with van der Waals surface area (Å²) in [6.07, 6.45) is 20.7. The number of nitrogens with two attached hydrogens (primary N) is 1. The third-order valence-electron chi connectivity index (χ3n) is 7.94. The summed E-state index contributed by atoms with van der Waals surface area (Å²) in [6.45, 7) is 7.61. The summed E-state index contributed by atoms with van der Waals surface area (Å²) in [7, 11) is 0. The average molecular weight is 570 g/mol. The molecule has 1 aliphatic rings. The molecule has 8 nitrogen and oxygen atoms in total.